The van der Waals surface area contributed by atoms with E-state index in [-0.39, 0.29) is 11.8 Å². The molecule has 3 aromatic rings. The van der Waals surface area contributed by atoms with Crippen molar-refractivity contribution in [3.63, 3.8) is 0 Å². The van der Waals surface area contributed by atoms with Gasteiger partial charge in [-0.05, 0) is 24.8 Å². The van der Waals surface area contributed by atoms with Crippen LogP contribution in [0.15, 0.2) is 30.3 Å². The van der Waals surface area contributed by atoms with E-state index in [4.69, 9.17) is 0 Å². The fourth-order valence-corrected chi connectivity index (χ4v) is 3.09. The lowest BCUT2D eigenvalue weighted by molar-refractivity contribution is -0.117. The summed E-state index contributed by atoms with van der Waals surface area (Å²) in [5.74, 6) is 1.05. The van der Waals surface area contributed by atoms with Gasteiger partial charge < -0.3 is 5.32 Å². The zero-order chi connectivity index (χ0) is 15.3. The highest BCUT2D eigenvalue weighted by Crippen LogP contribution is 2.48. The standard InChI is InChI=1S/C16H17N5O/c1-9-13-14(18-19-15(13)21(2)20-9)17-16(22)12-8-11(12)10-6-4-3-5-7-10/h3-7,11-12H,8H2,1-2H3,(H2,17,18,19,22). The first kappa shape index (κ1) is 13.1. The number of amides is 1. The molecule has 1 fully saturated rings. The van der Waals surface area contributed by atoms with Crippen LogP contribution in [0.1, 0.15) is 23.6 Å². The summed E-state index contributed by atoms with van der Waals surface area (Å²) in [4.78, 5) is 12.4. The van der Waals surface area contributed by atoms with Gasteiger partial charge in [0.1, 0.15) is 5.82 Å². The van der Waals surface area contributed by atoms with Gasteiger partial charge in [0.25, 0.3) is 0 Å². The summed E-state index contributed by atoms with van der Waals surface area (Å²) < 4.78 is 1.71. The number of benzene rings is 1. The number of carbonyl (C=O) groups is 1. The van der Waals surface area contributed by atoms with Gasteiger partial charge in [0.2, 0.25) is 5.91 Å². The molecule has 0 bridgehead atoms. The Kier molecular flexibility index (Phi) is 2.79. The molecule has 4 rings (SSSR count). The van der Waals surface area contributed by atoms with Crippen LogP contribution in [-0.4, -0.2) is 25.9 Å². The van der Waals surface area contributed by atoms with Crippen molar-refractivity contribution in [1.82, 2.24) is 20.0 Å². The molecule has 6 nitrogen and oxygen atoms in total. The lowest BCUT2D eigenvalue weighted by Gasteiger charge is -2.03. The second kappa shape index (κ2) is 4.69. The minimum absolute atomic E-state index is 0.0396. The molecule has 1 aliphatic rings. The smallest absolute Gasteiger partial charge is 0.229 e. The molecule has 1 aliphatic carbocycles. The Bertz CT molecular complexity index is 848. The van der Waals surface area contributed by atoms with Crippen LogP contribution >= 0.6 is 0 Å². The van der Waals surface area contributed by atoms with Crippen LogP contribution in [-0.2, 0) is 11.8 Å². The molecule has 0 aliphatic heterocycles. The molecule has 22 heavy (non-hydrogen) atoms. The van der Waals surface area contributed by atoms with E-state index in [9.17, 15) is 4.79 Å². The summed E-state index contributed by atoms with van der Waals surface area (Å²) in [7, 11) is 1.84. The number of hydrogen-bond acceptors (Lipinski definition) is 3. The molecule has 2 N–H and O–H groups in total. The van der Waals surface area contributed by atoms with E-state index < -0.39 is 0 Å². The molecule has 0 radical (unpaired) electrons. The maximum atomic E-state index is 12.4. The van der Waals surface area contributed by atoms with Gasteiger partial charge >= 0.3 is 0 Å². The molecule has 112 valence electrons. The van der Waals surface area contributed by atoms with Gasteiger partial charge in [0.15, 0.2) is 5.65 Å². The predicted molar refractivity (Wildman–Crippen MR) is 83.5 cm³/mol. The zero-order valence-electron chi connectivity index (χ0n) is 12.5. The van der Waals surface area contributed by atoms with Crippen molar-refractivity contribution in [3.05, 3.63) is 41.6 Å². The van der Waals surface area contributed by atoms with Crippen molar-refractivity contribution in [2.24, 2.45) is 13.0 Å². The number of nitrogens with zero attached hydrogens (tertiary/aromatic N) is 3. The summed E-state index contributed by atoms with van der Waals surface area (Å²) in [5, 5.41) is 15.3. The molecule has 6 heteroatoms. The van der Waals surface area contributed by atoms with Crippen LogP contribution in [0, 0.1) is 12.8 Å². The first-order valence-electron chi connectivity index (χ1n) is 7.38. The van der Waals surface area contributed by atoms with Crippen LogP contribution in [0.2, 0.25) is 0 Å². The number of hydrogen-bond donors (Lipinski definition) is 2. The van der Waals surface area contributed by atoms with E-state index in [1.54, 1.807) is 4.68 Å². The van der Waals surface area contributed by atoms with Crippen LogP contribution < -0.4 is 5.32 Å². The number of rotatable bonds is 3. The minimum atomic E-state index is 0.0396. The average Bonchev–Trinajstić information content (AvgIpc) is 3.14. The molecule has 1 saturated carbocycles. The monoisotopic (exact) mass is 295 g/mol. The Morgan fingerprint density at radius 3 is 2.91 bits per heavy atom. The maximum absolute atomic E-state index is 12.4. The molecule has 2 heterocycles. The zero-order valence-corrected chi connectivity index (χ0v) is 12.5. The van der Waals surface area contributed by atoms with Crippen molar-refractivity contribution in [2.45, 2.75) is 19.3 Å². The Labute approximate surface area is 127 Å². The van der Waals surface area contributed by atoms with E-state index in [0.717, 1.165) is 23.1 Å². The van der Waals surface area contributed by atoms with Crippen LogP contribution in [0.3, 0.4) is 0 Å². The van der Waals surface area contributed by atoms with E-state index >= 15 is 0 Å². The summed E-state index contributed by atoms with van der Waals surface area (Å²) in [6.45, 7) is 1.91. The Morgan fingerprint density at radius 2 is 2.14 bits per heavy atom. The fourth-order valence-electron chi connectivity index (χ4n) is 3.09. The molecular formula is C16H17N5O. The van der Waals surface area contributed by atoms with Gasteiger partial charge in [-0.25, -0.2) is 4.68 Å². The molecular weight excluding hydrogens is 278 g/mol. The summed E-state index contributed by atoms with van der Waals surface area (Å²) in [6.07, 6.45) is 0.902. The fraction of sp³-hybridized carbons (Fsp3) is 0.312. The molecule has 2 atom stereocenters. The second-order valence-electron chi connectivity index (χ2n) is 5.85. The lowest BCUT2D eigenvalue weighted by Crippen LogP contribution is -2.15. The van der Waals surface area contributed by atoms with Crippen molar-refractivity contribution >= 4 is 22.8 Å². The molecule has 2 aromatic heterocycles. The van der Waals surface area contributed by atoms with Crippen molar-refractivity contribution < 1.29 is 4.79 Å². The van der Waals surface area contributed by atoms with E-state index in [1.807, 2.05) is 32.2 Å². The number of fused-ring (bicyclic) bond motifs is 1. The van der Waals surface area contributed by atoms with Gasteiger partial charge in [-0.1, -0.05) is 30.3 Å². The number of H-pyrrole nitrogens is 1. The first-order chi connectivity index (χ1) is 10.6. The number of aryl methyl sites for hydroxylation is 2. The third-order valence-electron chi connectivity index (χ3n) is 4.32. The van der Waals surface area contributed by atoms with Crippen molar-refractivity contribution in [1.29, 1.82) is 0 Å². The van der Waals surface area contributed by atoms with Crippen LogP contribution in [0.5, 0.6) is 0 Å². The summed E-state index contributed by atoms with van der Waals surface area (Å²) in [5.41, 5.74) is 2.84. The minimum Gasteiger partial charge on any atom is -0.310 e. The number of anilines is 1. The quantitative estimate of drug-likeness (QED) is 0.778. The molecule has 0 spiro atoms. The number of aromatic amines is 1. The van der Waals surface area contributed by atoms with Crippen LogP contribution in [0.4, 0.5) is 5.82 Å². The topological polar surface area (TPSA) is 75.6 Å². The highest BCUT2D eigenvalue weighted by molar-refractivity contribution is 6.02. The average molecular weight is 295 g/mol. The highest BCUT2D eigenvalue weighted by Gasteiger charge is 2.44. The van der Waals surface area contributed by atoms with Crippen LogP contribution in [0.25, 0.3) is 11.0 Å². The van der Waals surface area contributed by atoms with Gasteiger partial charge in [-0.3, -0.25) is 9.89 Å². The Hall–Kier alpha value is -2.63. The van der Waals surface area contributed by atoms with Gasteiger partial charge in [0.05, 0.1) is 11.1 Å². The largest absolute Gasteiger partial charge is 0.310 e. The first-order valence-corrected chi connectivity index (χ1v) is 7.38. The lowest BCUT2D eigenvalue weighted by atomic mass is 10.1. The van der Waals surface area contributed by atoms with Gasteiger partial charge in [-0.15, -0.1) is 0 Å². The molecule has 2 unspecified atom stereocenters. The molecule has 1 amide bonds. The third-order valence-corrected chi connectivity index (χ3v) is 4.32. The highest BCUT2D eigenvalue weighted by atomic mass is 16.2. The van der Waals surface area contributed by atoms with Gasteiger partial charge in [0, 0.05) is 13.0 Å². The summed E-state index contributed by atoms with van der Waals surface area (Å²) >= 11 is 0. The SMILES string of the molecule is Cc1nn(C)c2n[nH]c(NC(=O)C3CC3c3ccccc3)c12. The predicted octanol–water partition coefficient (Wildman–Crippen LogP) is 2.35. The maximum Gasteiger partial charge on any atom is 0.229 e. The number of aromatic nitrogens is 4. The van der Waals surface area contributed by atoms with E-state index in [2.05, 4.69) is 32.7 Å². The second-order valence-corrected chi connectivity index (χ2v) is 5.85. The normalized spacial score (nSPS) is 20.3. The molecule has 1 aromatic carbocycles. The van der Waals surface area contributed by atoms with Crippen molar-refractivity contribution in [3.8, 4) is 0 Å². The van der Waals surface area contributed by atoms with Gasteiger partial charge in [-0.2, -0.15) is 10.2 Å². The van der Waals surface area contributed by atoms with E-state index in [1.165, 1.54) is 5.56 Å². The third kappa shape index (κ3) is 1.99. The summed E-state index contributed by atoms with van der Waals surface area (Å²) in [6, 6.07) is 10.2. The van der Waals surface area contributed by atoms with Crippen molar-refractivity contribution in [2.75, 3.05) is 5.32 Å². The Morgan fingerprint density at radius 1 is 1.36 bits per heavy atom. The molecule has 0 saturated heterocycles. The Balaban J connectivity index is 1.53. The number of nitrogens with one attached hydrogen (secondary N) is 2. The van der Waals surface area contributed by atoms with E-state index in [0.29, 0.717) is 11.7 Å². The number of carbonyl (C=O) groups excluding carboxylic acids is 1.